The van der Waals surface area contributed by atoms with E-state index in [4.69, 9.17) is 16.7 Å². The smallest absolute Gasteiger partial charge is 0.315 e. The summed E-state index contributed by atoms with van der Waals surface area (Å²) in [6, 6.07) is 16.3. The van der Waals surface area contributed by atoms with Gasteiger partial charge in [0.2, 0.25) is 5.91 Å². The van der Waals surface area contributed by atoms with Crippen molar-refractivity contribution in [2.24, 2.45) is 0 Å². The van der Waals surface area contributed by atoms with E-state index >= 15 is 0 Å². The van der Waals surface area contributed by atoms with E-state index in [1.165, 1.54) is 4.90 Å². The lowest BCUT2D eigenvalue weighted by atomic mass is 9.92. The van der Waals surface area contributed by atoms with Crippen LogP contribution in [0.3, 0.4) is 0 Å². The molecule has 0 unspecified atom stereocenters. The van der Waals surface area contributed by atoms with Crippen LogP contribution in [0.1, 0.15) is 45.4 Å². The maximum atomic E-state index is 13.0. The van der Waals surface area contributed by atoms with Gasteiger partial charge in [-0.05, 0) is 49.7 Å². The minimum Gasteiger partial charge on any atom is -0.315 e. The van der Waals surface area contributed by atoms with Gasteiger partial charge in [-0.2, -0.15) is 5.10 Å². The van der Waals surface area contributed by atoms with Crippen LogP contribution in [-0.2, 0) is 10.2 Å². The molecule has 8 heteroatoms. The number of aryl methyl sites for hydroxylation is 1. The van der Waals surface area contributed by atoms with E-state index in [0.29, 0.717) is 23.1 Å². The zero-order chi connectivity index (χ0) is 24.9. The molecular weight excluding hydrogens is 450 g/mol. The molecule has 0 aliphatic carbocycles. The molecule has 0 saturated heterocycles. The second-order valence-corrected chi connectivity index (χ2v) is 9.76. The van der Waals surface area contributed by atoms with Crippen molar-refractivity contribution in [2.75, 3.05) is 23.7 Å². The minimum atomic E-state index is -0.346. The van der Waals surface area contributed by atoms with Gasteiger partial charge in [0.15, 0.2) is 0 Å². The number of hydrogen-bond acceptors (Lipinski definition) is 3. The Morgan fingerprint density at radius 1 is 1.03 bits per heavy atom. The molecule has 34 heavy (non-hydrogen) atoms. The van der Waals surface area contributed by atoms with Gasteiger partial charge in [-0.15, -0.1) is 0 Å². The molecule has 1 aromatic heterocycles. The highest BCUT2D eigenvalue weighted by Gasteiger charge is 2.23. The summed E-state index contributed by atoms with van der Waals surface area (Å²) in [7, 11) is 0. The Hall–Kier alpha value is -3.32. The molecule has 1 heterocycles. The molecule has 0 saturated carbocycles. The summed E-state index contributed by atoms with van der Waals surface area (Å²) in [6.07, 6.45) is 0.719. The summed E-state index contributed by atoms with van der Waals surface area (Å²) in [5.74, 6) is 0.266. The average Bonchev–Trinajstić information content (AvgIpc) is 3.19. The van der Waals surface area contributed by atoms with Gasteiger partial charge in [-0.25, -0.2) is 9.48 Å². The molecule has 180 valence electrons. The topological polar surface area (TPSA) is 79.3 Å². The number of rotatable bonds is 7. The van der Waals surface area contributed by atoms with Crippen molar-refractivity contribution in [3.8, 4) is 5.69 Å². The Kier molecular flexibility index (Phi) is 7.99. The first-order valence-electron chi connectivity index (χ1n) is 11.4. The van der Waals surface area contributed by atoms with Gasteiger partial charge in [0.1, 0.15) is 12.4 Å². The van der Waals surface area contributed by atoms with Crippen LogP contribution in [0.25, 0.3) is 5.69 Å². The summed E-state index contributed by atoms with van der Waals surface area (Å²) in [6.45, 7) is 10.6. The number of carbonyl (C=O) groups is 2. The summed E-state index contributed by atoms with van der Waals surface area (Å²) in [5.41, 5.74) is 3.27. The zero-order valence-electron chi connectivity index (χ0n) is 20.4. The monoisotopic (exact) mass is 481 g/mol. The van der Waals surface area contributed by atoms with Crippen LogP contribution in [0.2, 0.25) is 5.02 Å². The molecule has 0 radical (unpaired) electrons. The number of anilines is 2. The Morgan fingerprint density at radius 2 is 1.68 bits per heavy atom. The first kappa shape index (κ1) is 25.3. The van der Waals surface area contributed by atoms with Crippen LogP contribution in [0.15, 0.2) is 54.6 Å². The van der Waals surface area contributed by atoms with Gasteiger partial charge in [-0.3, -0.25) is 4.79 Å². The maximum absolute atomic E-state index is 13.0. The van der Waals surface area contributed by atoms with Crippen molar-refractivity contribution in [3.63, 3.8) is 0 Å². The number of aromatic nitrogens is 2. The molecule has 0 atom stereocenters. The minimum absolute atomic E-state index is 0.0861. The average molecular weight is 482 g/mol. The molecule has 2 aromatic carbocycles. The first-order chi connectivity index (χ1) is 16.1. The van der Waals surface area contributed by atoms with Gasteiger partial charge >= 0.3 is 6.03 Å². The highest BCUT2D eigenvalue weighted by atomic mass is 35.5. The third kappa shape index (κ3) is 6.60. The number of nitrogens with zero attached hydrogens (tertiary/aromatic N) is 3. The molecule has 2 N–H and O–H groups in total. The first-order valence-corrected chi connectivity index (χ1v) is 11.7. The third-order valence-electron chi connectivity index (χ3n) is 5.23. The van der Waals surface area contributed by atoms with E-state index in [1.807, 2.05) is 44.2 Å². The van der Waals surface area contributed by atoms with Crippen LogP contribution in [0.4, 0.5) is 16.3 Å². The Labute approximate surface area is 206 Å². The van der Waals surface area contributed by atoms with Crippen molar-refractivity contribution in [3.05, 3.63) is 70.9 Å². The number of hydrogen-bond donors (Lipinski definition) is 2. The van der Waals surface area contributed by atoms with E-state index in [2.05, 4.69) is 31.4 Å². The van der Waals surface area contributed by atoms with Crippen LogP contribution in [0, 0.1) is 6.92 Å². The second-order valence-electron chi connectivity index (χ2n) is 9.32. The fraction of sp³-hybridized carbons (Fsp3) is 0.346. The highest BCUT2D eigenvalue weighted by Crippen LogP contribution is 2.26. The molecule has 3 aromatic rings. The molecule has 0 spiro atoms. The third-order valence-corrected chi connectivity index (χ3v) is 5.49. The molecule has 0 fully saturated rings. The SMILES string of the molecule is CCCN(CC(=O)Nc1cc(C(C)(C)C)nn1-c1ccc(C)cc1)C(=O)Nc1ccc(Cl)cc1. The number of amides is 3. The summed E-state index contributed by atoms with van der Waals surface area (Å²) in [5, 5.41) is 11.1. The van der Waals surface area contributed by atoms with Gasteiger partial charge in [-0.1, -0.05) is 57.0 Å². The van der Waals surface area contributed by atoms with Crippen molar-refractivity contribution >= 4 is 35.0 Å². The summed E-state index contributed by atoms with van der Waals surface area (Å²) in [4.78, 5) is 27.3. The normalized spacial score (nSPS) is 11.2. The Morgan fingerprint density at radius 3 is 2.26 bits per heavy atom. The van der Waals surface area contributed by atoms with Gasteiger partial charge in [0.05, 0.1) is 11.4 Å². The zero-order valence-corrected chi connectivity index (χ0v) is 21.1. The van der Waals surface area contributed by atoms with Crippen molar-refractivity contribution in [1.29, 1.82) is 0 Å². The fourth-order valence-corrected chi connectivity index (χ4v) is 3.46. The van der Waals surface area contributed by atoms with E-state index in [0.717, 1.165) is 23.4 Å². The maximum Gasteiger partial charge on any atom is 0.322 e. The Bertz CT molecular complexity index is 1130. The van der Waals surface area contributed by atoms with Crippen LogP contribution >= 0.6 is 11.6 Å². The number of carbonyl (C=O) groups excluding carboxylic acids is 2. The predicted octanol–water partition coefficient (Wildman–Crippen LogP) is 6.01. The molecule has 7 nitrogen and oxygen atoms in total. The van der Waals surface area contributed by atoms with Gasteiger partial charge in [0.25, 0.3) is 0 Å². The van der Waals surface area contributed by atoms with E-state index in [-0.39, 0.29) is 23.9 Å². The summed E-state index contributed by atoms with van der Waals surface area (Å²) < 4.78 is 1.73. The number of urea groups is 1. The standard InChI is InChI=1S/C26H32ClN5O2/c1-6-15-31(25(34)28-20-11-9-19(27)10-12-20)17-24(33)29-23-16-22(26(3,4)5)30-32(23)21-13-7-18(2)8-14-21/h7-14,16H,6,15,17H2,1-5H3,(H,28,34)(H,29,33). The number of benzene rings is 2. The van der Waals surface area contributed by atoms with Crippen LogP contribution in [0.5, 0.6) is 0 Å². The molecule has 0 aliphatic heterocycles. The summed E-state index contributed by atoms with van der Waals surface area (Å²) >= 11 is 5.92. The Balaban J connectivity index is 1.78. The fourth-order valence-electron chi connectivity index (χ4n) is 3.33. The highest BCUT2D eigenvalue weighted by molar-refractivity contribution is 6.30. The van der Waals surface area contributed by atoms with E-state index in [1.54, 1.807) is 28.9 Å². The molecule has 3 amide bonds. The van der Waals surface area contributed by atoms with E-state index in [9.17, 15) is 9.59 Å². The lowest BCUT2D eigenvalue weighted by Gasteiger charge is -2.22. The molecule has 3 rings (SSSR count). The van der Waals surface area contributed by atoms with Crippen molar-refractivity contribution in [1.82, 2.24) is 14.7 Å². The molecule has 0 bridgehead atoms. The lowest BCUT2D eigenvalue weighted by Crippen LogP contribution is -2.41. The van der Waals surface area contributed by atoms with Crippen molar-refractivity contribution < 1.29 is 9.59 Å². The van der Waals surface area contributed by atoms with Crippen LogP contribution < -0.4 is 10.6 Å². The number of nitrogens with one attached hydrogen (secondary N) is 2. The molecular formula is C26H32ClN5O2. The van der Waals surface area contributed by atoms with E-state index < -0.39 is 0 Å². The number of halogens is 1. The largest absolute Gasteiger partial charge is 0.322 e. The van der Waals surface area contributed by atoms with Gasteiger partial charge < -0.3 is 15.5 Å². The predicted molar refractivity (Wildman–Crippen MR) is 138 cm³/mol. The van der Waals surface area contributed by atoms with Crippen molar-refractivity contribution in [2.45, 2.75) is 46.5 Å². The molecule has 0 aliphatic rings. The van der Waals surface area contributed by atoms with Gasteiger partial charge in [0, 0.05) is 28.7 Å². The van der Waals surface area contributed by atoms with Crippen LogP contribution in [-0.4, -0.2) is 39.7 Å². The second kappa shape index (κ2) is 10.7. The quantitative estimate of drug-likeness (QED) is 0.433. The lowest BCUT2D eigenvalue weighted by molar-refractivity contribution is -0.116.